The van der Waals surface area contributed by atoms with Gasteiger partial charge in [0.15, 0.2) is 5.96 Å². The molecule has 0 spiro atoms. The number of aliphatic carboxylic acids is 1. The van der Waals surface area contributed by atoms with Gasteiger partial charge >= 0.3 is 5.97 Å². The standard InChI is InChI=1S/C28H40N8O7/c29-27(30)32-13-7-10-20-24(41)33-16-21(37)34-18(15-22(38)39)23(40)35-19(14-17-8-3-1-4-9-17)25(42)36(20)26(43)28(31)11-5-2-6-12-28/h1,3-4,8-9,18-20H,2,5-7,10-16,31H2,(H,33,41)(H,34,37)(H,35,40)(H,38,39)(H4,29,30,32)/t18-,19+,20-/m0/s1. The van der Waals surface area contributed by atoms with Crippen molar-refractivity contribution in [3.8, 4) is 0 Å². The Bertz CT molecular complexity index is 1230. The number of hydrogen-bond donors (Lipinski definition) is 7. The molecule has 2 fully saturated rings. The van der Waals surface area contributed by atoms with Gasteiger partial charge < -0.3 is 38.3 Å². The number of guanidine groups is 1. The number of rotatable bonds is 9. The maximum Gasteiger partial charge on any atom is 0.305 e. The first-order valence-electron chi connectivity index (χ1n) is 14.3. The van der Waals surface area contributed by atoms with Crippen LogP contribution in [0, 0.1) is 0 Å². The first-order valence-corrected chi connectivity index (χ1v) is 14.3. The van der Waals surface area contributed by atoms with Gasteiger partial charge in [0.2, 0.25) is 23.6 Å². The normalized spacial score (nSPS) is 23.1. The predicted molar refractivity (Wildman–Crippen MR) is 155 cm³/mol. The molecule has 0 aromatic heterocycles. The lowest BCUT2D eigenvalue weighted by Crippen LogP contribution is -2.67. The smallest absolute Gasteiger partial charge is 0.305 e. The molecule has 0 bridgehead atoms. The summed E-state index contributed by atoms with van der Waals surface area (Å²) in [6.45, 7) is -0.540. The van der Waals surface area contributed by atoms with E-state index in [4.69, 9.17) is 17.2 Å². The third-order valence-corrected chi connectivity index (χ3v) is 7.52. The number of nitrogens with zero attached hydrogens (tertiary/aromatic N) is 2. The van der Waals surface area contributed by atoms with E-state index in [0.29, 0.717) is 18.4 Å². The highest BCUT2D eigenvalue weighted by molar-refractivity contribution is 6.07. The minimum Gasteiger partial charge on any atom is -0.481 e. The Morgan fingerprint density at radius 3 is 2.28 bits per heavy atom. The average molecular weight is 601 g/mol. The Balaban J connectivity index is 2.11. The molecule has 1 heterocycles. The second-order valence-corrected chi connectivity index (χ2v) is 10.9. The number of aliphatic imine (C=N–C) groups is 1. The summed E-state index contributed by atoms with van der Waals surface area (Å²) in [7, 11) is 0. The number of carbonyl (C=O) groups is 6. The monoisotopic (exact) mass is 600 g/mol. The van der Waals surface area contributed by atoms with Gasteiger partial charge in [0.25, 0.3) is 5.91 Å². The van der Waals surface area contributed by atoms with Crippen molar-refractivity contribution in [3.63, 3.8) is 0 Å². The molecule has 3 rings (SSSR count). The molecule has 0 radical (unpaired) electrons. The van der Waals surface area contributed by atoms with Gasteiger partial charge in [0.1, 0.15) is 18.1 Å². The topological polar surface area (TPSA) is 252 Å². The Morgan fingerprint density at radius 1 is 0.977 bits per heavy atom. The van der Waals surface area contributed by atoms with Crippen LogP contribution < -0.4 is 33.2 Å². The van der Waals surface area contributed by atoms with E-state index in [1.165, 1.54) is 0 Å². The SMILES string of the molecule is NC(N)=NCCC[C@H]1C(=O)NCC(=O)N[C@@H](CC(=O)O)C(=O)N[C@H](Cc2ccccc2)C(=O)N1C(=O)C1(N)CCCCC1. The van der Waals surface area contributed by atoms with E-state index in [0.717, 1.165) is 11.3 Å². The number of nitrogens with two attached hydrogens (primary N) is 3. The van der Waals surface area contributed by atoms with Crippen LogP contribution in [0.5, 0.6) is 0 Å². The number of benzene rings is 1. The first kappa shape index (κ1) is 33.0. The second kappa shape index (κ2) is 15.1. The molecule has 15 heteroatoms. The van der Waals surface area contributed by atoms with Crippen molar-refractivity contribution in [1.82, 2.24) is 20.9 Å². The van der Waals surface area contributed by atoms with Crippen LogP contribution in [0.25, 0.3) is 0 Å². The fraction of sp³-hybridized carbons (Fsp3) is 0.536. The van der Waals surface area contributed by atoms with Gasteiger partial charge in [0, 0.05) is 13.0 Å². The Morgan fingerprint density at radius 2 is 1.65 bits per heavy atom. The number of amides is 5. The molecule has 43 heavy (non-hydrogen) atoms. The minimum atomic E-state index is -1.55. The van der Waals surface area contributed by atoms with E-state index in [1.807, 2.05) is 0 Å². The maximum atomic E-state index is 14.4. The van der Waals surface area contributed by atoms with Crippen molar-refractivity contribution in [1.29, 1.82) is 0 Å². The summed E-state index contributed by atoms with van der Waals surface area (Å²) in [6, 6.07) is 4.27. The lowest BCUT2D eigenvalue weighted by atomic mass is 9.81. The van der Waals surface area contributed by atoms with Crippen molar-refractivity contribution >= 4 is 41.5 Å². The van der Waals surface area contributed by atoms with Gasteiger partial charge in [-0.25, -0.2) is 0 Å². The molecular formula is C28H40N8O7. The van der Waals surface area contributed by atoms with Gasteiger partial charge in [0.05, 0.1) is 18.5 Å². The lowest BCUT2D eigenvalue weighted by Gasteiger charge is -2.40. The van der Waals surface area contributed by atoms with Crippen LogP contribution in [0.2, 0.25) is 0 Å². The largest absolute Gasteiger partial charge is 0.481 e. The van der Waals surface area contributed by atoms with Crippen LogP contribution in [0.4, 0.5) is 0 Å². The Kier molecular flexibility index (Phi) is 11.6. The van der Waals surface area contributed by atoms with E-state index in [2.05, 4.69) is 20.9 Å². The summed E-state index contributed by atoms with van der Waals surface area (Å²) < 4.78 is 0. The van der Waals surface area contributed by atoms with Crippen molar-refractivity contribution in [2.24, 2.45) is 22.2 Å². The summed E-state index contributed by atoms with van der Waals surface area (Å²) in [5.41, 5.74) is 16.6. The predicted octanol–water partition coefficient (Wildman–Crippen LogP) is -1.76. The minimum absolute atomic E-state index is 0.0641. The van der Waals surface area contributed by atoms with Crippen molar-refractivity contribution in [3.05, 3.63) is 35.9 Å². The number of carboxylic acid groups (broad SMARTS) is 1. The van der Waals surface area contributed by atoms with Crippen molar-refractivity contribution < 1.29 is 33.9 Å². The molecule has 3 atom stereocenters. The number of nitrogens with one attached hydrogen (secondary N) is 3. The zero-order valence-corrected chi connectivity index (χ0v) is 23.9. The van der Waals surface area contributed by atoms with Gasteiger partial charge in [-0.1, -0.05) is 49.6 Å². The van der Waals surface area contributed by atoms with E-state index < -0.39 is 72.1 Å². The first-order chi connectivity index (χ1) is 20.4. The maximum absolute atomic E-state index is 14.4. The molecule has 5 amide bonds. The average Bonchev–Trinajstić information content (AvgIpc) is 2.96. The second-order valence-electron chi connectivity index (χ2n) is 10.9. The van der Waals surface area contributed by atoms with Crippen LogP contribution in [-0.4, -0.2) is 88.2 Å². The quantitative estimate of drug-likeness (QED) is 0.0727. The third-order valence-electron chi connectivity index (χ3n) is 7.52. The number of carboxylic acids is 1. The highest BCUT2D eigenvalue weighted by atomic mass is 16.4. The number of carbonyl (C=O) groups excluding carboxylic acids is 5. The molecule has 1 aliphatic carbocycles. The molecule has 1 aliphatic heterocycles. The Labute approximate surface area is 249 Å². The van der Waals surface area contributed by atoms with Gasteiger partial charge in [-0.05, 0) is 31.2 Å². The van der Waals surface area contributed by atoms with Crippen LogP contribution in [0.1, 0.15) is 56.9 Å². The molecule has 2 aliphatic rings. The van der Waals surface area contributed by atoms with Crippen LogP contribution in [0.15, 0.2) is 35.3 Å². The van der Waals surface area contributed by atoms with E-state index in [-0.39, 0.29) is 44.6 Å². The zero-order chi connectivity index (χ0) is 31.6. The molecular weight excluding hydrogens is 560 g/mol. The molecule has 1 aromatic carbocycles. The van der Waals surface area contributed by atoms with Gasteiger partial charge in [-0.2, -0.15) is 0 Å². The van der Waals surface area contributed by atoms with Crippen LogP contribution in [-0.2, 0) is 35.2 Å². The van der Waals surface area contributed by atoms with E-state index in [1.54, 1.807) is 30.3 Å². The molecule has 1 saturated carbocycles. The number of hydrogen-bond acceptors (Lipinski definition) is 8. The third kappa shape index (κ3) is 9.23. The van der Waals surface area contributed by atoms with Gasteiger partial charge in [-0.3, -0.25) is 38.7 Å². The summed E-state index contributed by atoms with van der Waals surface area (Å²) in [6.07, 6.45) is 1.98. The van der Waals surface area contributed by atoms with Crippen molar-refractivity contribution in [2.45, 2.75) is 81.5 Å². The van der Waals surface area contributed by atoms with Crippen LogP contribution in [0.3, 0.4) is 0 Å². The Hall–Kier alpha value is -4.53. The molecule has 0 unspecified atom stereocenters. The fourth-order valence-corrected chi connectivity index (χ4v) is 5.31. The number of imide groups is 1. The summed E-state index contributed by atoms with van der Waals surface area (Å²) in [4.78, 5) is 84.4. The summed E-state index contributed by atoms with van der Waals surface area (Å²) in [5, 5.41) is 16.6. The molecule has 234 valence electrons. The fourth-order valence-electron chi connectivity index (χ4n) is 5.31. The highest BCUT2D eigenvalue weighted by Gasteiger charge is 2.47. The highest BCUT2D eigenvalue weighted by Crippen LogP contribution is 2.30. The van der Waals surface area contributed by atoms with E-state index in [9.17, 15) is 33.9 Å². The molecule has 1 saturated heterocycles. The molecule has 1 aromatic rings. The molecule has 15 nitrogen and oxygen atoms in total. The van der Waals surface area contributed by atoms with Gasteiger partial charge in [-0.15, -0.1) is 0 Å². The van der Waals surface area contributed by atoms with E-state index >= 15 is 0 Å². The van der Waals surface area contributed by atoms with Crippen LogP contribution >= 0.6 is 0 Å². The summed E-state index contributed by atoms with van der Waals surface area (Å²) >= 11 is 0. The molecule has 10 N–H and O–H groups in total. The van der Waals surface area contributed by atoms with Crippen molar-refractivity contribution in [2.75, 3.05) is 13.1 Å². The summed E-state index contributed by atoms with van der Waals surface area (Å²) in [5.74, 6) is -5.78. The zero-order valence-electron chi connectivity index (χ0n) is 23.9. The lowest BCUT2D eigenvalue weighted by molar-refractivity contribution is -0.158.